The summed E-state index contributed by atoms with van der Waals surface area (Å²) in [5, 5.41) is 8.44. The molecule has 2 aromatic carbocycles. The van der Waals surface area contributed by atoms with Crippen molar-refractivity contribution in [1.82, 2.24) is 0 Å². The van der Waals surface area contributed by atoms with Crippen LogP contribution in [0, 0.1) is 12.3 Å². The van der Waals surface area contributed by atoms with Gasteiger partial charge in [-0.05, 0) is 30.3 Å². The van der Waals surface area contributed by atoms with Gasteiger partial charge in [-0.1, -0.05) is 24.1 Å². The standard InChI is InChI=1S/C16H15N3/c1-4-13-8-5-6-11-16(13)18-17-14-9-7-10-15(12-14)19(2)3/h1,5-12H,2-3H3. The zero-order valence-electron chi connectivity index (χ0n) is 11.0. The van der Waals surface area contributed by atoms with Crippen molar-refractivity contribution in [3.05, 3.63) is 54.1 Å². The van der Waals surface area contributed by atoms with Gasteiger partial charge in [-0.15, -0.1) is 11.5 Å². The zero-order chi connectivity index (χ0) is 13.7. The second kappa shape index (κ2) is 5.83. The quantitative estimate of drug-likeness (QED) is 0.593. The van der Waals surface area contributed by atoms with Crippen LogP contribution in [0.2, 0.25) is 0 Å². The van der Waals surface area contributed by atoms with Crippen LogP contribution < -0.4 is 4.90 Å². The minimum atomic E-state index is 0.709. The van der Waals surface area contributed by atoms with Crippen molar-refractivity contribution in [2.45, 2.75) is 0 Å². The zero-order valence-corrected chi connectivity index (χ0v) is 11.0. The molecule has 2 aromatic rings. The predicted octanol–water partition coefficient (Wildman–Crippen LogP) is 4.15. The van der Waals surface area contributed by atoms with Gasteiger partial charge in [0.2, 0.25) is 0 Å². The Morgan fingerprint density at radius 3 is 2.53 bits per heavy atom. The molecule has 0 saturated carbocycles. The van der Waals surface area contributed by atoms with E-state index in [0.29, 0.717) is 5.69 Å². The van der Waals surface area contributed by atoms with Gasteiger partial charge in [-0.2, -0.15) is 5.11 Å². The molecule has 94 valence electrons. The van der Waals surface area contributed by atoms with Crippen molar-refractivity contribution in [1.29, 1.82) is 0 Å². The molecule has 0 unspecified atom stereocenters. The molecule has 0 heterocycles. The molecule has 0 bridgehead atoms. The molecular weight excluding hydrogens is 234 g/mol. The fourth-order valence-electron chi connectivity index (χ4n) is 1.63. The molecule has 0 N–H and O–H groups in total. The molecular formula is C16H15N3. The number of anilines is 1. The van der Waals surface area contributed by atoms with Gasteiger partial charge >= 0.3 is 0 Å². The van der Waals surface area contributed by atoms with E-state index in [1.54, 1.807) is 0 Å². The third-order valence-electron chi connectivity index (χ3n) is 2.68. The Morgan fingerprint density at radius 1 is 1.00 bits per heavy atom. The van der Waals surface area contributed by atoms with E-state index in [-0.39, 0.29) is 0 Å². The van der Waals surface area contributed by atoms with E-state index in [1.807, 2.05) is 67.5 Å². The Bertz CT molecular complexity index is 636. The molecule has 0 aliphatic carbocycles. The van der Waals surface area contributed by atoms with Crippen molar-refractivity contribution in [3.63, 3.8) is 0 Å². The highest BCUT2D eigenvalue weighted by atomic mass is 15.1. The summed E-state index contributed by atoms with van der Waals surface area (Å²) in [7, 11) is 3.98. The van der Waals surface area contributed by atoms with E-state index in [0.717, 1.165) is 16.9 Å². The monoisotopic (exact) mass is 249 g/mol. The maximum atomic E-state index is 5.43. The van der Waals surface area contributed by atoms with Crippen molar-refractivity contribution in [2.75, 3.05) is 19.0 Å². The van der Waals surface area contributed by atoms with E-state index >= 15 is 0 Å². The molecule has 0 aromatic heterocycles. The summed E-state index contributed by atoms with van der Waals surface area (Å²) in [5.74, 6) is 2.60. The van der Waals surface area contributed by atoms with Gasteiger partial charge in [0, 0.05) is 19.8 Å². The first kappa shape index (κ1) is 12.8. The molecule has 2 rings (SSSR count). The summed E-state index contributed by atoms with van der Waals surface area (Å²) < 4.78 is 0. The Balaban J connectivity index is 2.28. The molecule has 0 spiro atoms. The van der Waals surface area contributed by atoms with E-state index in [9.17, 15) is 0 Å². The highest BCUT2D eigenvalue weighted by Crippen LogP contribution is 2.24. The second-order valence-electron chi connectivity index (χ2n) is 4.28. The molecule has 0 amide bonds. The lowest BCUT2D eigenvalue weighted by Crippen LogP contribution is -2.07. The largest absolute Gasteiger partial charge is 0.378 e. The number of hydrogen-bond acceptors (Lipinski definition) is 3. The number of azo groups is 1. The lowest BCUT2D eigenvalue weighted by atomic mass is 10.2. The SMILES string of the molecule is C#Cc1ccccc1N=Nc1cccc(N(C)C)c1. The minimum absolute atomic E-state index is 0.709. The molecule has 0 saturated heterocycles. The van der Waals surface area contributed by atoms with Crippen molar-refractivity contribution >= 4 is 17.1 Å². The first-order valence-electron chi connectivity index (χ1n) is 5.95. The van der Waals surface area contributed by atoms with E-state index in [4.69, 9.17) is 6.42 Å². The molecule has 0 aliphatic rings. The number of terminal acetylenes is 1. The first-order valence-corrected chi connectivity index (χ1v) is 5.95. The summed E-state index contributed by atoms with van der Waals surface area (Å²) in [6.45, 7) is 0. The molecule has 19 heavy (non-hydrogen) atoms. The van der Waals surface area contributed by atoms with Crippen LogP contribution >= 0.6 is 0 Å². The Morgan fingerprint density at radius 2 is 1.79 bits per heavy atom. The van der Waals surface area contributed by atoms with Gasteiger partial charge in [0.05, 0.1) is 11.3 Å². The van der Waals surface area contributed by atoms with E-state index in [2.05, 4.69) is 16.1 Å². The third kappa shape index (κ3) is 3.20. The average Bonchev–Trinajstić information content (AvgIpc) is 2.45. The smallest absolute Gasteiger partial charge is 0.101 e. The normalized spacial score (nSPS) is 10.4. The Labute approximate surface area is 113 Å². The number of hydrogen-bond donors (Lipinski definition) is 0. The fraction of sp³-hybridized carbons (Fsp3) is 0.125. The number of nitrogens with zero attached hydrogens (tertiary/aromatic N) is 3. The average molecular weight is 249 g/mol. The van der Waals surface area contributed by atoms with Gasteiger partial charge in [0.25, 0.3) is 0 Å². The van der Waals surface area contributed by atoms with Gasteiger partial charge in [0.1, 0.15) is 5.69 Å². The van der Waals surface area contributed by atoms with E-state index in [1.165, 1.54) is 0 Å². The topological polar surface area (TPSA) is 28.0 Å². The van der Waals surface area contributed by atoms with Crippen LogP contribution in [-0.4, -0.2) is 14.1 Å². The number of benzene rings is 2. The summed E-state index contributed by atoms with van der Waals surface area (Å²) in [6, 6.07) is 15.4. The van der Waals surface area contributed by atoms with Gasteiger partial charge in [-0.25, -0.2) is 0 Å². The predicted molar refractivity (Wildman–Crippen MR) is 79.3 cm³/mol. The van der Waals surface area contributed by atoms with Crippen LogP contribution in [0.4, 0.5) is 17.1 Å². The summed E-state index contributed by atoms with van der Waals surface area (Å²) in [5.41, 5.74) is 3.34. The minimum Gasteiger partial charge on any atom is -0.378 e. The summed E-state index contributed by atoms with van der Waals surface area (Å²) >= 11 is 0. The molecule has 0 radical (unpaired) electrons. The van der Waals surface area contributed by atoms with Crippen LogP contribution in [0.25, 0.3) is 0 Å². The maximum absolute atomic E-state index is 5.43. The Kier molecular flexibility index (Phi) is 3.94. The molecule has 0 aliphatic heterocycles. The maximum Gasteiger partial charge on any atom is 0.101 e. The molecule has 0 fully saturated rings. The van der Waals surface area contributed by atoms with Crippen LogP contribution in [-0.2, 0) is 0 Å². The highest BCUT2D eigenvalue weighted by molar-refractivity contribution is 5.56. The van der Waals surface area contributed by atoms with Gasteiger partial charge in [0.15, 0.2) is 0 Å². The van der Waals surface area contributed by atoms with Crippen LogP contribution in [0.3, 0.4) is 0 Å². The van der Waals surface area contributed by atoms with Crippen LogP contribution in [0.5, 0.6) is 0 Å². The van der Waals surface area contributed by atoms with Crippen molar-refractivity contribution < 1.29 is 0 Å². The van der Waals surface area contributed by atoms with Gasteiger partial charge < -0.3 is 4.90 Å². The van der Waals surface area contributed by atoms with E-state index < -0.39 is 0 Å². The lowest BCUT2D eigenvalue weighted by Gasteiger charge is -2.11. The van der Waals surface area contributed by atoms with Crippen molar-refractivity contribution in [2.24, 2.45) is 10.2 Å². The first-order chi connectivity index (χ1) is 9.20. The third-order valence-corrected chi connectivity index (χ3v) is 2.68. The number of rotatable bonds is 3. The summed E-state index contributed by atoms with van der Waals surface area (Å²) in [4.78, 5) is 2.02. The highest BCUT2D eigenvalue weighted by Gasteiger charge is 1.98. The fourth-order valence-corrected chi connectivity index (χ4v) is 1.63. The molecule has 0 atom stereocenters. The van der Waals surface area contributed by atoms with Crippen molar-refractivity contribution in [3.8, 4) is 12.3 Å². The van der Waals surface area contributed by atoms with Crippen LogP contribution in [0.1, 0.15) is 5.56 Å². The molecule has 3 nitrogen and oxygen atoms in total. The second-order valence-corrected chi connectivity index (χ2v) is 4.28. The molecule has 3 heteroatoms. The van der Waals surface area contributed by atoms with Gasteiger partial charge in [-0.3, -0.25) is 0 Å². The summed E-state index contributed by atoms with van der Waals surface area (Å²) in [6.07, 6.45) is 5.43. The lowest BCUT2D eigenvalue weighted by molar-refractivity contribution is 1.13. The Hall–Kier alpha value is -2.60. The van der Waals surface area contributed by atoms with Crippen LogP contribution in [0.15, 0.2) is 58.8 Å².